The summed E-state index contributed by atoms with van der Waals surface area (Å²) in [4.78, 5) is 11.2. The topological polar surface area (TPSA) is 104 Å². The summed E-state index contributed by atoms with van der Waals surface area (Å²) >= 11 is 3.08. The number of H-pyrrole nitrogens is 1. The van der Waals surface area contributed by atoms with Gasteiger partial charge in [0, 0.05) is 13.1 Å². The molecule has 0 aliphatic rings. The van der Waals surface area contributed by atoms with Crippen molar-refractivity contribution < 1.29 is 8.42 Å². The Hall–Kier alpha value is -0.930. The molecule has 0 unspecified atom stereocenters. The van der Waals surface area contributed by atoms with Crippen LogP contribution in [0, 0.1) is 0 Å². The van der Waals surface area contributed by atoms with Crippen LogP contribution in [0.4, 0.5) is 5.69 Å². The fourth-order valence-electron chi connectivity index (χ4n) is 1.12. The summed E-state index contributed by atoms with van der Waals surface area (Å²) in [6.45, 7) is 2.26. The van der Waals surface area contributed by atoms with Crippen LogP contribution < -0.4 is 15.6 Å². The molecule has 0 radical (unpaired) electrons. The van der Waals surface area contributed by atoms with Crippen LogP contribution in [0.15, 0.2) is 15.5 Å². The van der Waals surface area contributed by atoms with Gasteiger partial charge in [-0.25, -0.2) is 18.2 Å². The zero-order valence-electron chi connectivity index (χ0n) is 9.16. The molecule has 7 nitrogen and oxygen atoms in total. The minimum absolute atomic E-state index is 0.0694. The van der Waals surface area contributed by atoms with E-state index < -0.39 is 10.0 Å². The first-order valence-corrected chi connectivity index (χ1v) is 7.35. The molecular formula is C8H13BrN4O3S. The smallest absolute Gasteiger partial charge is 0.280 e. The van der Waals surface area contributed by atoms with Crippen molar-refractivity contribution in [1.82, 2.24) is 14.9 Å². The minimum Gasteiger partial charge on any atom is -0.382 e. The first-order chi connectivity index (χ1) is 7.96. The molecule has 0 bridgehead atoms. The van der Waals surface area contributed by atoms with Crippen molar-refractivity contribution >= 4 is 31.6 Å². The second kappa shape index (κ2) is 6.12. The zero-order chi connectivity index (χ0) is 12.9. The summed E-state index contributed by atoms with van der Waals surface area (Å²) in [6.07, 6.45) is 1.41. The van der Waals surface area contributed by atoms with Gasteiger partial charge in [-0.05, 0) is 15.9 Å². The Labute approximate surface area is 107 Å². The van der Waals surface area contributed by atoms with E-state index >= 15 is 0 Å². The third-order valence-corrected chi connectivity index (χ3v) is 4.10. The van der Waals surface area contributed by atoms with Gasteiger partial charge in [0.15, 0.2) is 0 Å². The van der Waals surface area contributed by atoms with Crippen molar-refractivity contribution in [2.45, 2.75) is 6.92 Å². The number of rotatable bonds is 6. The standard InChI is InChI=1S/C8H13BrN4O3S/c1-2-12-17(15,16)4-3-10-6-5-11-13-8(14)7(6)9/h5,12H,2-4H2,1H3,(H2,10,13,14). The van der Waals surface area contributed by atoms with Gasteiger partial charge >= 0.3 is 0 Å². The normalized spacial score (nSPS) is 11.4. The summed E-state index contributed by atoms with van der Waals surface area (Å²) in [7, 11) is -3.26. The number of sulfonamides is 1. The highest BCUT2D eigenvalue weighted by Crippen LogP contribution is 2.14. The third kappa shape index (κ3) is 4.44. The van der Waals surface area contributed by atoms with E-state index in [4.69, 9.17) is 0 Å². The molecule has 0 amide bonds. The first-order valence-electron chi connectivity index (χ1n) is 4.90. The zero-order valence-corrected chi connectivity index (χ0v) is 11.6. The van der Waals surface area contributed by atoms with Gasteiger partial charge < -0.3 is 5.32 Å². The van der Waals surface area contributed by atoms with Crippen LogP contribution in [0.3, 0.4) is 0 Å². The lowest BCUT2D eigenvalue weighted by atomic mass is 10.4. The summed E-state index contributed by atoms with van der Waals surface area (Å²) in [6, 6.07) is 0. The summed E-state index contributed by atoms with van der Waals surface area (Å²) in [5.74, 6) is -0.0694. The summed E-state index contributed by atoms with van der Waals surface area (Å²) in [5.41, 5.74) is 0.0880. The lowest BCUT2D eigenvalue weighted by molar-refractivity contribution is 0.584. The molecular weight excluding hydrogens is 312 g/mol. The molecule has 17 heavy (non-hydrogen) atoms. The monoisotopic (exact) mass is 324 g/mol. The number of nitrogens with one attached hydrogen (secondary N) is 3. The number of hydrogen-bond donors (Lipinski definition) is 3. The van der Waals surface area contributed by atoms with Crippen LogP contribution in [0.1, 0.15) is 6.92 Å². The molecule has 0 aliphatic heterocycles. The molecule has 9 heteroatoms. The molecule has 1 rings (SSSR count). The van der Waals surface area contributed by atoms with Gasteiger partial charge in [-0.3, -0.25) is 4.79 Å². The molecule has 0 fully saturated rings. The van der Waals surface area contributed by atoms with Crippen molar-refractivity contribution in [1.29, 1.82) is 0 Å². The van der Waals surface area contributed by atoms with Crippen LogP contribution in [0.25, 0.3) is 0 Å². The van der Waals surface area contributed by atoms with Crippen LogP contribution in [0.5, 0.6) is 0 Å². The highest BCUT2D eigenvalue weighted by atomic mass is 79.9. The Kier molecular flexibility index (Phi) is 5.09. The molecule has 3 N–H and O–H groups in total. The van der Waals surface area contributed by atoms with E-state index in [9.17, 15) is 13.2 Å². The lowest BCUT2D eigenvalue weighted by Gasteiger charge is -2.07. The Morgan fingerprint density at radius 2 is 2.24 bits per heavy atom. The Balaban J connectivity index is 2.58. The highest BCUT2D eigenvalue weighted by Gasteiger charge is 2.09. The van der Waals surface area contributed by atoms with Crippen molar-refractivity contribution in [2.75, 3.05) is 24.2 Å². The van der Waals surface area contributed by atoms with Crippen molar-refractivity contribution in [2.24, 2.45) is 0 Å². The van der Waals surface area contributed by atoms with Gasteiger partial charge in [0.25, 0.3) is 5.56 Å². The summed E-state index contributed by atoms with van der Waals surface area (Å²) in [5, 5.41) is 8.67. The Bertz CT molecular complexity index is 528. The maximum atomic E-state index is 11.3. The first kappa shape index (κ1) is 14.1. The molecule has 1 aromatic rings. The largest absolute Gasteiger partial charge is 0.382 e. The van der Waals surface area contributed by atoms with Gasteiger partial charge in [0.1, 0.15) is 4.47 Å². The van der Waals surface area contributed by atoms with Gasteiger partial charge in [0.05, 0.1) is 17.6 Å². The SMILES string of the molecule is CCNS(=O)(=O)CCNc1cn[nH]c(=O)c1Br. The maximum Gasteiger partial charge on any atom is 0.280 e. The fourth-order valence-corrected chi connectivity index (χ4v) is 2.41. The van der Waals surface area contributed by atoms with Crippen LogP contribution >= 0.6 is 15.9 Å². The van der Waals surface area contributed by atoms with E-state index in [0.29, 0.717) is 16.7 Å². The van der Waals surface area contributed by atoms with Gasteiger partial charge in [-0.15, -0.1) is 0 Å². The molecule has 0 spiro atoms. The molecule has 96 valence electrons. The van der Waals surface area contributed by atoms with E-state index in [1.807, 2.05) is 0 Å². The fraction of sp³-hybridized carbons (Fsp3) is 0.500. The quantitative estimate of drug-likeness (QED) is 0.677. The highest BCUT2D eigenvalue weighted by molar-refractivity contribution is 9.10. The molecule has 1 aromatic heterocycles. The van der Waals surface area contributed by atoms with Crippen LogP contribution in [0.2, 0.25) is 0 Å². The van der Waals surface area contributed by atoms with Gasteiger partial charge in [-0.2, -0.15) is 5.10 Å². The number of halogens is 1. The number of aromatic nitrogens is 2. The maximum absolute atomic E-state index is 11.3. The molecule has 0 saturated carbocycles. The van der Waals surface area contributed by atoms with Gasteiger partial charge in [-0.1, -0.05) is 6.92 Å². The Morgan fingerprint density at radius 3 is 2.88 bits per heavy atom. The van der Waals surface area contributed by atoms with E-state index in [1.54, 1.807) is 6.92 Å². The third-order valence-electron chi connectivity index (χ3n) is 1.85. The predicted octanol–water partition coefficient (Wildman–Crippen LogP) is -0.116. The van der Waals surface area contributed by atoms with Crippen molar-refractivity contribution in [3.8, 4) is 0 Å². The Morgan fingerprint density at radius 1 is 1.53 bits per heavy atom. The average Bonchev–Trinajstić information content (AvgIpc) is 2.24. The predicted molar refractivity (Wildman–Crippen MR) is 68.5 cm³/mol. The lowest BCUT2D eigenvalue weighted by Crippen LogP contribution is -2.29. The molecule has 0 aromatic carbocycles. The number of anilines is 1. The number of aromatic amines is 1. The van der Waals surface area contributed by atoms with E-state index in [0.717, 1.165) is 0 Å². The molecule has 0 aliphatic carbocycles. The summed E-state index contributed by atoms with van der Waals surface area (Å²) < 4.78 is 25.3. The second-order valence-electron chi connectivity index (χ2n) is 3.17. The van der Waals surface area contributed by atoms with Crippen molar-refractivity contribution in [3.63, 3.8) is 0 Å². The second-order valence-corrected chi connectivity index (χ2v) is 5.89. The molecule has 0 saturated heterocycles. The van der Waals surface area contributed by atoms with Crippen LogP contribution in [-0.4, -0.2) is 37.5 Å². The minimum atomic E-state index is -3.26. The van der Waals surface area contributed by atoms with Gasteiger partial charge in [0.2, 0.25) is 10.0 Å². The number of nitrogens with zero attached hydrogens (tertiary/aromatic N) is 1. The van der Waals surface area contributed by atoms with E-state index in [2.05, 4.69) is 36.2 Å². The van der Waals surface area contributed by atoms with Crippen LogP contribution in [-0.2, 0) is 10.0 Å². The van der Waals surface area contributed by atoms with E-state index in [-0.39, 0.29) is 17.9 Å². The van der Waals surface area contributed by atoms with E-state index in [1.165, 1.54) is 6.20 Å². The molecule has 0 atom stereocenters. The average molecular weight is 325 g/mol. The number of hydrogen-bond acceptors (Lipinski definition) is 5. The molecule has 1 heterocycles. The van der Waals surface area contributed by atoms with Crippen molar-refractivity contribution in [3.05, 3.63) is 21.0 Å².